The Hall–Kier alpha value is -3.44. The maximum absolute atomic E-state index is 12.7. The van der Waals surface area contributed by atoms with E-state index in [1.54, 1.807) is 29.5 Å². The van der Waals surface area contributed by atoms with Gasteiger partial charge in [-0.15, -0.1) is 0 Å². The minimum Gasteiger partial charge on any atom is -0.407 e. The number of hydrogen-bond acceptors (Lipinski definition) is 7. The molecule has 170 valence electrons. The number of aromatic amines is 1. The van der Waals surface area contributed by atoms with Crippen molar-refractivity contribution >= 4 is 44.4 Å². The Morgan fingerprint density at radius 1 is 1.33 bits per heavy atom. The van der Waals surface area contributed by atoms with Gasteiger partial charge in [0.1, 0.15) is 5.65 Å². The fourth-order valence-corrected chi connectivity index (χ4v) is 4.61. The zero-order chi connectivity index (χ0) is 22.8. The molecule has 11 heteroatoms. The van der Waals surface area contributed by atoms with E-state index >= 15 is 0 Å². The maximum Gasteiger partial charge on any atom is 0.417 e. The van der Waals surface area contributed by atoms with E-state index in [1.807, 2.05) is 18.2 Å². The molecule has 0 bridgehead atoms. The summed E-state index contributed by atoms with van der Waals surface area (Å²) in [4.78, 5) is 26.7. The third-order valence-electron chi connectivity index (χ3n) is 5.51. The van der Waals surface area contributed by atoms with Gasteiger partial charge in [-0.1, -0.05) is 6.07 Å². The van der Waals surface area contributed by atoms with E-state index in [4.69, 9.17) is 10.5 Å². The Morgan fingerprint density at radius 2 is 2.24 bits per heavy atom. The number of pyridine rings is 2. The standard InChI is InChI=1S/C22H23BrN8O2/c23-17-9-26-21-19(20(17)30-7-3-4-14(24)11-30)18(10-27-21)29-22(32)33-16-8-28-31(13-16)12-15-5-1-2-6-25-15/h1-2,5-6,8-10,13-14H,3-4,7,11-12,24H2,(H,26,27)(H,29,32)/t14-/m1/s1. The average Bonchev–Trinajstić information content (AvgIpc) is 3.41. The molecule has 0 unspecified atom stereocenters. The lowest BCUT2D eigenvalue weighted by Gasteiger charge is -2.33. The summed E-state index contributed by atoms with van der Waals surface area (Å²) in [5.41, 5.74) is 9.27. The van der Waals surface area contributed by atoms with Gasteiger partial charge in [0.05, 0.1) is 45.9 Å². The van der Waals surface area contributed by atoms with Crippen LogP contribution in [0.1, 0.15) is 18.5 Å². The van der Waals surface area contributed by atoms with E-state index in [-0.39, 0.29) is 6.04 Å². The molecule has 1 aliphatic heterocycles. The summed E-state index contributed by atoms with van der Waals surface area (Å²) in [6.45, 7) is 2.10. The summed E-state index contributed by atoms with van der Waals surface area (Å²) < 4.78 is 7.96. The number of piperidine rings is 1. The van der Waals surface area contributed by atoms with Crippen LogP contribution in [0.2, 0.25) is 0 Å². The van der Waals surface area contributed by atoms with Crippen molar-refractivity contribution in [3.63, 3.8) is 0 Å². The summed E-state index contributed by atoms with van der Waals surface area (Å²) in [6, 6.07) is 5.79. The first kappa shape index (κ1) is 21.4. The molecule has 1 aliphatic rings. The molecule has 10 nitrogen and oxygen atoms in total. The quantitative estimate of drug-likeness (QED) is 0.374. The van der Waals surface area contributed by atoms with Crippen LogP contribution < -0.4 is 20.7 Å². The Labute approximate surface area is 198 Å². The number of H-pyrrole nitrogens is 1. The monoisotopic (exact) mass is 510 g/mol. The highest BCUT2D eigenvalue weighted by Crippen LogP contribution is 2.38. The number of fused-ring (bicyclic) bond motifs is 1. The summed E-state index contributed by atoms with van der Waals surface area (Å²) in [7, 11) is 0. The number of hydrogen-bond donors (Lipinski definition) is 3. The Bertz CT molecular complexity index is 1270. The second-order valence-electron chi connectivity index (χ2n) is 7.94. The second-order valence-corrected chi connectivity index (χ2v) is 8.79. The van der Waals surface area contributed by atoms with Crippen molar-refractivity contribution in [1.82, 2.24) is 24.7 Å². The van der Waals surface area contributed by atoms with Crippen LogP contribution in [-0.2, 0) is 6.54 Å². The van der Waals surface area contributed by atoms with Crippen molar-refractivity contribution in [2.24, 2.45) is 5.73 Å². The number of carbonyl (C=O) groups excluding carboxylic acids is 1. The molecule has 0 aromatic carbocycles. The SMILES string of the molecule is N[C@@H]1CCCN(c2c(Br)cnc3[nH]cc(NC(=O)Oc4cnn(Cc5ccccn5)c4)c23)C1. The molecule has 4 aromatic rings. The number of anilines is 2. The summed E-state index contributed by atoms with van der Waals surface area (Å²) in [5, 5.41) is 7.87. The van der Waals surface area contributed by atoms with Crippen molar-refractivity contribution in [3.8, 4) is 5.75 Å². The van der Waals surface area contributed by atoms with Gasteiger partial charge in [-0.2, -0.15) is 5.10 Å². The van der Waals surface area contributed by atoms with Crippen molar-refractivity contribution in [2.45, 2.75) is 25.4 Å². The third kappa shape index (κ3) is 4.69. The lowest BCUT2D eigenvalue weighted by atomic mass is 10.1. The Morgan fingerprint density at radius 3 is 3.06 bits per heavy atom. The number of nitrogens with two attached hydrogens (primary N) is 1. The molecule has 5 heterocycles. The molecule has 0 spiro atoms. The zero-order valence-corrected chi connectivity index (χ0v) is 19.3. The minimum atomic E-state index is -0.616. The maximum atomic E-state index is 12.7. The highest BCUT2D eigenvalue weighted by Gasteiger charge is 2.24. The molecular formula is C22H23BrN8O2. The van der Waals surface area contributed by atoms with Crippen molar-refractivity contribution < 1.29 is 9.53 Å². The van der Waals surface area contributed by atoms with Crippen molar-refractivity contribution in [1.29, 1.82) is 0 Å². The average molecular weight is 511 g/mol. The molecule has 33 heavy (non-hydrogen) atoms. The molecule has 4 N–H and O–H groups in total. The van der Waals surface area contributed by atoms with Gasteiger partial charge in [0.15, 0.2) is 5.75 Å². The Balaban J connectivity index is 1.33. The third-order valence-corrected chi connectivity index (χ3v) is 6.09. The molecule has 4 aromatic heterocycles. The molecule has 1 fully saturated rings. The summed E-state index contributed by atoms with van der Waals surface area (Å²) in [5.74, 6) is 0.338. The van der Waals surface area contributed by atoms with Gasteiger partial charge >= 0.3 is 6.09 Å². The second kappa shape index (κ2) is 9.20. The first-order chi connectivity index (χ1) is 16.1. The lowest BCUT2D eigenvalue weighted by molar-refractivity contribution is 0.215. The number of ether oxygens (including phenoxy) is 1. The number of nitrogens with zero attached hydrogens (tertiary/aromatic N) is 5. The molecular weight excluding hydrogens is 488 g/mol. The lowest BCUT2D eigenvalue weighted by Crippen LogP contribution is -2.43. The van der Waals surface area contributed by atoms with Gasteiger partial charge in [0, 0.05) is 37.7 Å². The van der Waals surface area contributed by atoms with Gasteiger partial charge in [0.25, 0.3) is 0 Å². The Kier molecular flexibility index (Phi) is 5.97. The smallest absolute Gasteiger partial charge is 0.407 e. The highest BCUT2D eigenvalue weighted by molar-refractivity contribution is 9.10. The van der Waals surface area contributed by atoms with Gasteiger partial charge in [-0.3, -0.25) is 15.0 Å². The van der Waals surface area contributed by atoms with Crippen LogP contribution in [-0.4, -0.2) is 50.0 Å². The zero-order valence-electron chi connectivity index (χ0n) is 17.7. The van der Waals surface area contributed by atoms with E-state index < -0.39 is 6.09 Å². The van der Waals surface area contributed by atoms with E-state index in [0.717, 1.165) is 47.2 Å². The topological polar surface area (TPSA) is 127 Å². The van der Waals surface area contributed by atoms with E-state index in [9.17, 15) is 4.79 Å². The predicted molar refractivity (Wildman–Crippen MR) is 128 cm³/mol. The van der Waals surface area contributed by atoms with Crippen LogP contribution in [0, 0.1) is 0 Å². The number of aromatic nitrogens is 5. The molecule has 1 saturated heterocycles. The van der Waals surface area contributed by atoms with Crippen molar-refractivity contribution in [2.75, 3.05) is 23.3 Å². The van der Waals surface area contributed by atoms with Crippen LogP contribution >= 0.6 is 15.9 Å². The number of halogens is 1. The molecule has 0 aliphatic carbocycles. The number of amides is 1. The van der Waals surface area contributed by atoms with Crippen LogP contribution in [0.3, 0.4) is 0 Å². The molecule has 5 rings (SSSR count). The summed E-state index contributed by atoms with van der Waals surface area (Å²) >= 11 is 3.62. The van der Waals surface area contributed by atoms with Gasteiger partial charge < -0.3 is 20.4 Å². The molecule has 0 saturated carbocycles. The van der Waals surface area contributed by atoms with E-state index in [0.29, 0.717) is 23.6 Å². The number of nitrogens with one attached hydrogen (secondary N) is 2. The number of carbonyl (C=O) groups is 1. The first-order valence-corrected chi connectivity index (χ1v) is 11.4. The van der Waals surface area contributed by atoms with E-state index in [2.05, 4.69) is 46.2 Å². The predicted octanol–water partition coefficient (Wildman–Crippen LogP) is 3.50. The normalized spacial score (nSPS) is 16.2. The summed E-state index contributed by atoms with van der Waals surface area (Å²) in [6.07, 6.45) is 9.74. The van der Waals surface area contributed by atoms with Gasteiger partial charge in [-0.25, -0.2) is 9.78 Å². The molecule has 1 amide bonds. The van der Waals surface area contributed by atoms with Gasteiger partial charge in [-0.05, 0) is 40.9 Å². The van der Waals surface area contributed by atoms with Crippen LogP contribution in [0.25, 0.3) is 11.0 Å². The number of rotatable bonds is 5. The molecule has 0 radical (unpaired) electrons. The highest BCUT2D eigenvalue weighted by atomic mass is 79.9. The van der Waals surface area contributed by atoms with Gasteiger partial charge in [0.2, 0.25) is 0 Å². The minimum absolute atomic E-state index is 0.108. The molecule has 1 atom stereocenters. The van der Waals surface area contributed by atoms with Crippen LogP contribution in [0.4, 0.5) is 16.2 Å². The fourth-order valence-electron chi connectivity index (χ4n) is 4.06. The fraction of sp³-hybridized carbons (Fsp3) is 0.273. The van der Waals surface area contributed by atoms with Crippen molar-refractivity contribution in [3.05, 3.63) is 59.3 Å². The van der Waals surface area contributed by atoms with E-state index in [1.165, 1.54) is 6.20 Å². The van der Waals surface area contributed by atoms with Crippen LogP contribution in [0.5, 0.6) is 5.75 Å². The van der Waals surface area contributed by atoms with Crippen LogP contribution in [0.15, 0.2) is 53.7 Å². The largest absolute Gasteiger partial charge is 0.417 e. The first-order valence-electron chi connectivity index (χ1n) is 10.6.